The van der Waals surface area contributed by atoms with E-state index >= 15 is 0 Å². The van der Waals surface area contributed by atoms with Crippen LogP contribution in [0.25, 0.3) is 0 Å². The van der Waals surface area contributed by atoms with E-state index in [2.05, 4.69) is 38.1 Å². The summed E-state index contributed by atoms with van der Waals surface area (Å²) in [5.41, 5.74) is 3.08. The highest BCUT2D eigenvalue weighted by Crippen LogP contribution is 2.44. The molecule has 0 radical (unpaired) electrons. The fourth-order valence-corrected chi connectivity index (χ4v) is 5.18. The van der Waals surface area contributed by atoms with Crippen LogP contribution in [0.15, 0.2) is 60.9 Å². The fraction of sp³-hybridized carbons (Fsp3) is 0.333. The number of ether oxygens (including phenoxy) is 3. The Bertz CT molecular complexity index is 1130. The van der Waals surface area contributed by atoms with Crippen molar-refractivity contribution >= 4 is 23.0 Å². The van der Waals surface area contributed by atoms with E-state index in [-0.39, 0.29) is 25.0 Å². The number of anilines is 1. The minimum atomic E-state index is -0.0905. The number of aromatic nitrogens is 2. The molecule has 0 unspecified atom stereocenters. The smallest absolute Gasteiger partial charge is 0.231 e. The Morgan fingerprint density at radius 3 is 2.88 bits per heavy atom. The highest BCUT2D eigenvalue weighted by molar-refractivity contribution is 7.80. The molecule has 6 rings (SSSR count). The van der Waals surface area contributed by atoms with Gasteiger partial charge in [0.2, 0.25) is 6.79 Å². The van der Waals surface area contributed by atoms with Gasteiger partial charge in [0.1, 0.15) is 6.04 Å². The van der Waals surface area contributed by atoms with Gasteiger partial charge in [0.15, 0.2) is 16.6 Å². The Kier molecular flexibility index (Phi) is 4.96. The van der Waals surface area contributed by atoms with Crippen LogP contribution in [0.4, 0.5) is 5.69 Å². The molecule has 164 valence electrons. The van der Waals surface area contributed by atoms with Gasteiger partial charge in [0, 0.05) is 43.0 Å². The Morgan fingerprint density at radius 2 is 2.03 bits per heavy atom. The van der Waals surface area contributed by atoms with E-state index in [1.54, 1.807) is 0 Å². The lowest BCUT2D eigenvalue weighted by Gasteiger charge is -2.29. The van der Waals surface area contributed by atoms with Gasteiger partial charge in [0.25, 0.3) is 0 Å². The summed E-state index contributed by atoms with van der Waals surface area (Å²) in [4.78, 5) is 6.81. The largest absolute Gasteiger partial charge is 0.454 e. The molecule has 2 fully saturated rings. The lowest BCUT2D eigenvalue weighted by molar-refractivity contribution is 0.0961. The van der Waals surface area contributed by atoms with Crippen LogP contribution in [0.2, 0.25) is 0 Å². The predicted octanol–water partition coefficient (Wildman–Crippen LogP) is 3.97. The minimum absolute atomic E-state index is 0.0748. The molecule has 5 heterocycles. The number of nitrogens with zero attached hydrogens (tertiary/aromatic N) is 3. The molecule has 0 saturated carbocycles. The van der Waals surface area contributed by atoms with Gasteiger partial charge in [-0.15, -0.1) is 0 Å². The van der Waals surface area contributed by atoms with Crippen LogP contribution in [0.3, 0.4) is 0 Å². The number of fused-ring (bicyclic) bond motifs is 1. The lowest BCUT2D eigenvalue weighted by Crippen LogP contribution is -2.31. The average molecular weight is 449 g/mol. The zero-order valence-electron chi connectivity index (χ0n) is 17.5. The second-order valence-corrected chi connectivity index (χ2v) is 8.64. The summed E-state index contributed by atoms with van der Waals surface area (Å²) in [5.74, 6) is 1.49. The van der Waals surface area contributed by atoms with Gasteiger partial charge in [-0.05, 0) is 61.5 Å². The van der Waals surface area contributed by atoms with Crippen molar-refractivity contribution in [3.05, 3.63) is 72.3 Å². The summed E-state index contributed by atoms with van der Waals surface area (Å²) in [7, 11) is 0. The average Bonchev–Trinajstić information content (AvgIpc) is 3.61. The zero-order valence-corrected chi connectivity index (χ0v) is 18.3. The van der Waals surface area contributed by atoms with E-state index < -0.39 is 0 Å². The second kappa shape index (κ2) is 8.11. The van der Waals surface area contributed by atoms with Crippen LogP contribution in [0.5, 0.6) is 11.5 Å². The highest BCUT2D eigenvalue weighted by Gasteiger charge is 2.42. The molecule has 1 aromatic carbocycles. The molecule has 0 spiro atoms. The molecule has 3 aromatic rings. The predicted molar refractivity (Wildman–Crippen MR) is 124 cm³/mol. The number of pyridine rings is 1. The van der Waals surface area contributed by atoms with Crippen LogP contribution in [0.1, 0.15) is 36.3 Å². The molecule has 3 atom stereocenters. The Labute approximate surface area is 191 Å². The summed E-state index contributed by atoms with van der Waals surface area (Å²) in [6, 6.07) is 16.1. The maximum Gasteiger partial charge on any atom is 0.231 e. The maximum absolute atomic E-state index is 5.92. The first-order valence-electron chi connectivity index (χ1n) is 10.9. The van der Waals surface area contributed by atoms with Crippen LogP contribution >= 0.6 is 12.2 Å². The van der Waals surface area contributed by atoms with E-state index in [4.69, 9.17) is 26.4 Å². The van der Waals surface area contributed by atoms with E-state index in [1.807, 2.05) is 42.6 Å². The number of nitrogens with one attached hydrogen (secondary N) is 1. The van der Waals surface area contributed by atoms with E-state index in [1.165, 1.54) is 5.69 Å². The quantitative estimate of drug-likeness (QED) is 0.593. The molecule has 32 heavy (non-hydrogen) atoms. The van der Waals surface area contributed by atoms with Crippen LogP contribution in [0, 0.1) is 0 Å². The van der Waals surface area contributed by atoms with Crippen LogP contribution in [-0.4, -0.2) is 34.2 Å². The monoisotopic (exact) mass is 448 g/mol. The van der Waals surface area contributed by atoms with Gasteiger partial charge in [-0.2, -0.15) is 0 Å². The topological polar surface area (TPSA) is 60.8 Å². The minimum Gasteiger partial charge on any atom is -0.454 e. The first-order chi connectivity index (χ1) is 15.8. The SMILES string of the molecule is S=C1N[C@H](c2ccccn2)[C@@H](c2cccn2C[C@@H]2CCCO2)N1c1ccc2c(c1)OCO2. The number of hydrogen-bond acceptors (Lipinski definition) is 5. The van der Waals surface area contributed by atoms with Gasteiger partial charge in [-0.1, -0.05) is 6.07 Å². The second-order valence-electron chi connectivity index (χ2n) is 8.25. The van der Waals surface area contributed by atoms with Crippen molar-refractivity contribution in [3.63, 3.8) is 0 Å². The number of thiocarbonyl (C=S) groups is 1. The van der Waals surface area contributed by atoms with Gasteiger partial charge < -0.3 is 29.0 Å². The van der Waals surface area contributed by atoms with Crippen molar-refractivity contribution in [2.45, 2.75) is 37.6 Å². The molecule has 3 aliphatic rings. The van der Waals surface area contributed by atoms with Gasteiger partial charge in [-0.25, -0.2) is 0 Å². The molecule has 2 aromatic heterocycles. The summed E-state index contributed by atoms with van der Waals surface area (Å²) >= 11 is 5.85. The van der Waals surface area contributed by atoms with Crippen molar-refractivity contribution in [3.8, 4) is 11.5 Å². The van der Waals surface area contributed by atoms with Crippen molar-refractivity contribution < 1.29 is 14.2 Å². The standard InChI is InChI=1S/C24H24N4O3S/c32-24-26-22(18-6-1-2-10-25-18)23(19-7-3-11-27(19)14-17-5-4-12-29-17)28(24)16-8-9-20-21(13-16)31-15-30-20/h1-3,6-11,13,17,22-23H,4-5,12,14-15H2,(H,26,32)/t17-,22+,23+/m0/s1. The van der Waals surface area contributed by atoms with Gasteiger partial charge in [-0.3, -0.25) is 4.98 Å². The van der Waals surface area contributed by atoms with Crippen molar-refractivity contribution in [2.75, 3.05) is 18.3 Å². The summed E-state index contributed by atoms with van der Waals surface area (Å²) in [5, 5.41) is 4.19. The first kappa shape index (κ1) is 19.6. The molecular weight excluding hydrogens is 424 g/mol. The highest BCUT2D eigenvalue weighted by atomic mass is 32.1. The third-order valence-electron chi connectivity index (χ3n) is 6.32. The Hall–Kier alpha value is -3.10. The van der Waals surface area contributed by atoms with Crippen molar-refractivity contribution in [1.82, 2.24) is 14.9 Å². The fourth-order valence-electron chi connectivity index (χ4n) is 4.84. The third-order valence-corrected chi connectivity index (χ3v) is 6.64. The number of hydrogen-bond donors (Lipinski definition) is 1. The molecule has 0 bridgehead atoms. The molecule has 8 heteroatoms. The first-order valence-corrected chi connectivity index (χ1v) is 11.4. The van der Waals surface area contributed by atoms with Gasteiger partial charge >= 0.3 is 0 Å². The van der Waals surface area contributed by atoms with Crippen molar-refractivity contribution in [2.24, 2.45) is 0 Å². The van der Waals surface area contributed by atoms with E-state index in [0.29, 0.717) is 5.11 Å². The molecule has 3 aliphatic heterocycles. The molecule has 0 amide bonds. The molecular formula is C24H24N4O3S. The van der Waals surface area contributed by atoms with Crippen LogP contribution in [-0.2, 0) is 11.3 Å². The van der Waals surface area contributed by atoms with Gasteiger partial charge in [0.05, 0.1) is 17.8 Å². The van der Waals surface area contributed by atoms with E-state index in [0.717, 1.165) is 48.9 Å². The zero-order chi connectivity index (χ0) is 21.5. The maximum atomic E-state index is 5.92. The number of rotatable bonds is 5. The van der Waals surface area contributed by atoms with Crippen molar-refractivity contribution in [1.29, 1.82) is 0 Å². The Balaban J connectivity index is 1.43. The molecule has 7 nitrogen and oxygen atoms in total. The summed E-state index contributed by atoms with van der Waals surface area (Å²) < 4.78 is 19.4. The molecule has 2 saturated heterocycles. The normalized spacial score (nSPS) is 24.2. The summed E-state index contributed by atoms with van der Waals surface area (Å²) in [6.45, 7) is 1.91. The number of benzene rings is 1. The van der Waals surface area contributed by atoms with Crippen LogP contribution < -0.4 is 19.7 Å². The molecule has 0 aliphatic carbocycles. The summed E-state index contributed by atoms with van der Waals surface area (Å²) in [6.07, 6.45) is 6.41. The van der Waals surface area contributed by atoms with E-state index in [9.17, 15) is 0 Å². The molecule has 1 N–H and O–H groups in total. The lowest BCUT2D eigenvalue weighted by atomic mass is 10.0. The Morgan fingerprint density at radius 1 is 1.09 bits per heavy atom. The third kappa shape index (κ3) is 3.40.